The summed E-state index contributed by atoms with van der Waals surface area (Å²) in [5.41, 5.74) is 1.89. The number of likely N-dealkylation sites (N-methyl/N-ethyl adjacent to an activating group) is 1. The number of ether oxygens (including phenoxy) is 1. The van der Waals surface area contributed by atoms with Gasteiger partial charge in [0.25, 0.3) is 0 Å². The molecule has 0 fully saturated rings. The van der Waals surface area contributed by atoms with E-state index >= 15 is 0 Å². The first kappa shape index (κ1) is 21.1. The summed E-state index contributed by atoms with van der Waals surface area (Å²) in [6.07, 6.45) is 0.247. The molecule has 0 aliphatic heterocycles. The summed E-state index contributed by atoms with van der Waals surface area (Å²) in [7, 11) is 3.34. The third-order valence-corrected chi connectivity index (χ3v) is 4.06. The third kappa shape index (κ3) is 6.85. The number of ketones is 1. The second-order valence-corrected chi connectivity index (χ2v) is 6.45. The average molecular weight is 383 g/mol. The maximum atomic E-state index is 12.1. The van der Waals surface area contributed by atoms with Gasteiger partial charge in [-0.15, -0.1) is 0 Å². The van der Waals surface area contributed by atoms with E-state index in [1.165, 1.54) is 6.92 Å². The molecule has 7 nitrogen and oxygen atoms in total. The van der Waals surface area contributed by atoms with Gasteiger partial charge in [0.1, 0.15) is 5.75 Å². The van der Waals surface area contributed by atoms with Crippen molar-refractivity contribution in [3.63, 3.8) is 0 Å². The fraction of sp³-hybridized carbons (Fsp3) is 0.286. The average Bonchev–Trinajstić information content (AvgIpc) is 2.67. The van der Waals surface area contributed by atoms with Crippen molar-refractivity contribution in [1.82, 2.24) is 4.90 Å². The monoisotopic (exact) mass is 383 g/mol. The second-order valence-electron chi connectivity index (χ2n) is 6.45. The van der Waals surface area contributed by atoms with E-state index in [9.17, 15) is 14.4 Å². The fourth-order valence-electron chi connectivity index (χ4n) is 2.53. The van der Waals surface area contributed by atoms with Crippen LogP contribution < -0.4 is 15.4 Å². The molecule has 2 aromatic carbocycles. The molecule has 28 heavy (non-hydrogen) atoms. The lowest BCUT2D eigenvalue weighted by Crippen LogP contribution is -2.32. The van der Waals surface area contributed by atoms with Crippen molar-refractivity contribution in [1.29, 1.82) is 0 Å². The zero-order valence-electron chi connectivity index (χ0n) is 16.3. The van der Waals surface area contributed by atoms with Gasteiger partial charge in [0.15, 0.2) is 5.78 Å². The smallest absolute Gasteiger partial charge is 0.238 e. The van der Waals surface area contributed by atoms with Gasteiger partial charge in [0.2, 0.25) is 11.8 Å². The molecule has 0 aliphatic carbocycles. The molecule has 2 amide bonds. The molecule has 2 aromatic rings. The maximum Gasteiger partial charge on any atom is 0.238 e. The van der Waals surface area contributed by atoms with Gasteiger partial charge < -0.3 is 15.4 Å². The first-order chi connectivity index (χ1) is 13.4. The number of hydrogen-bond donors (Lipinski definition) is 2. The highest BCUT2D eigenvalue weighted by Gasteiger charge is 2.10. The molecule has 0 spiro atoms. The number of hydrogen-bond acceptors (Lipinski definition) is 5. The van der Waals surface area contributed by atoms with E-state index in [-0.39, 0.29) is 30.6 Å². The number of benzene rings is 2. The molecule has 0 bridgehead atoms. The molecule has 0 saturated heterocycles. The van der Waals surface area contributed by atoms with Crippen LogP contribution in [-0.4, -0.2) is 49.7 Å². The van der Waals surface area contributed by atoms with Crippen LogP contribution in [0, 0.1) is 0 Å². The Bertz CT molecular complexity index is 834. The Hall–Kier alpha value is -3.19. The zero-order valence-corrected chi connectivity index (χ0v) is 16.3. The summed E-state index contributed by atoms with van der Waals surface area (Å²) in [5.74, 6) is 0.317. The SMILES string of the molecule is COc1cccc(NC(=O)CN(C)CCC(=O)Nc2ccc(C(C)=O)cc2)c1. The summed E-state index contributed by atoms with van der Waals surface area (Å²) in [4.78, 5) is 37.2. The van der Waals surface area contributed by atoms with E-state index in [0.29, 0.717) is 29.2 Å². The number of carbonyl (C=O) groups excluding carboxylic acids is 3. The molecule has 0 aliphatic rings. The van der Waals surface area contributed by atoms with Crippen LogP contribution in [0.15, 0.2) is 48.5 Å². The van der Waals surface area contributed by atoms with Crippen LogP contribution in [0.4, 0.5) is 11.4 Å². The van der Waals surface area contributed by atoms with Crippen LogP contribution in [-0.2, 0) is 9.59 Å². The number of carbonyl (C=O) groups is 3. The van der Waals surface area contributed by atoms with Gasteiger partial charge in [-0.25, -0.2) is 0 Å². The lowest BCUT2D eigenvalue weighted by atomic mass is 10.1. The molecule has 148 valence electrons. The van der Waals surface area contributed by atoms with Crippen LogP contribution in [0.1, 0.15) is 23.7 Å². The summed E-state index contributed by atoms with van der Waals surface area (Å²) in [6.45, 7) is 2.09. The molecule has 2 N–H and O–H groups in total. The van der Waals surface area contributed by atoms with Crippen molar-refractivity contribution in [2.75, 3.05) is 37.9 Å². The van der Waals surface area contributed by atoms with Gasteiger partial charge in [-0.05, 0) is 50.4 Å². The lowest BCUT2D eigenvalue weighted by Gasteiger charge is -2.16. The molecule has 0 heterocycles. The van der Waals surface area contributed by atoms with E-state index < -0.39 is 0 Å². The predicted molar refractivity (Wildman–Crippen MR) is 109 cm³/mol. The number of methoxy groups -OCH3 is 1. The number of Topliss-reactive ketones (excluding diaryl/α,β-unsaturated/α-hetero) is 1. The largest absolute Gasteiger partial charge is 0.497 e. The Kier molecular flexibility index (Phi) is 7.71. The quantitative estimate of drug-likeness (QED) is 0.650. The van der Waals surface area contributed by atoms with Crippen molar-refractivity contribution < 1.29 is 19.1 Å². The number of anilines is 2. The molecular weight excluding hydrogens is 358 g/mol. The Labute approximate surface area is 164 Å². The highest BCUT2D eigenvalue weighted by molar-refractivity contribution is 5.95. The van der Waals surface area contributed by atoms with Gasteiger partial charge in [-0.3, -0.25) is 19.3 Å². The first-order valence-electron chi connectivity index (χ1n) is 8.90. The van der Waals surface area contributed by atoms with E-state index in [4.69, 9.17) is 4.74 Å². The minimum atomic E-state index is -0.170. The second kappa shape index (κ2) is 10.2. The summed E-state index contributed by atoms with van der Waals surface area (Å²) in [5, 5.41) is 5.58. The lowest BCUT2D eigenvalue weighted by molar-refractivity contribution is -0.119. The third-order valence-electron chi connectivity index (χ3n) is 4.06. The number of amides is 2. The van der Waals surface area contributed by atoms with E-state index in [1.807, 2.05) is 0 Å². The normalized spacial score (nSPS) is 10.4. The molecule has 0 atom stereocenters. The van der Waals surface area contributed by atoms with Crippen molar-refractivity contribution in [3.8, 4) is 5.75 Å². The molecular formula is C21H25N3O4. The van der Waals surface area contributed by atoms with Crippen LogP contribution >= 0.6 is 0 Å². The van der Waals surface area contributed by atoms with Gasteiger partial charge in [-0.1, -0.05) is 6.07 Å². The molecule has 0 saturated carbocycles. The summed E-state index contributed by atoms with van der Waals surface area (Å²) >= 11 is 0. The standard InChI is InChI=1S/C21H25N3O4/c1-15(25)16-7-9-17(10-8-16)22-20(26)11-12-24(2)14-21(27)23-18-5-4-6-19(13-18)28-3/h4-10,13H,11-12,14H2,1-3H3,(H,22,26)(H,23,27). The Morgan fingerprint density at radius 3 is 2.29 bits per heavy atom. The number of nitrogens with zero attached hydrogens (tertiary/aromatic N) is 1. The van der Waals surface area contributed by atoms with Crippen LogP contribution in [0.25, 0.3) is 0 Å². The molecule has 0 aromatic heterocycles. The van der Waals surface area contributed by atoms with Gasteiger partial charge >= 0.3 is 0 Å². The molecule has 0 radical (unpaired) electrons. The van der Waals surface area contributed by atoms with Gasteiger partial charge in [0.05, 0.1) is 13.7 Å². The Morgan fingerprint density at radius 1 is 0.964 bits per heavy atom. The van der Waals surface area contributed by atoms with E-state index in [2.05, 4.69) is 10.6 Å². The predicted octanol–water partition coefficient (Wildman–Crippen LogP) is 2.80. The molecule has 2 rings (SSSR count). The molecule has 0 unspecified atom stereocenters. The minimum Gasteiger partial charge on any atom is -0.497 e. The zero-order chi connectivity index (χ0) is 20.5. The van der Waals surface area contributed by atoms with Crippen molar-refractivity contribution in [2.24, 2.45) is 0 Å². The van der Waals surface area contributed by atoms with Crippen molar-refractivity contribution >= 4 is 29.0 Å². The highest BCUT2D eigenvalue weighted by Crippen LogP contribution is 2.16. The maximum absolute atomic E-state index is 12.1. The topological polar surface area (TPSA) is 87.7 Å². The highest BCUT2D eigenvalue weighted by atomic mass is 16.5. The molecule has 7 heteroatoms. The fourth-order valence-corrected chi connectivity index (χ4v) is 2.53. The number of rotatable bonds is 9. The van der Waals surface area contributed by atoms with E-state index in [0.717, 1.165) is 0 Å². The summed E-state index contributed by atoms with van der Waals surface area (Å²) < 4.78 is 5.13. The summed E-state index contributed by atoms with van der Waals surface area (Å²) in [6, 6.07) is 13.9. The Morgan fingerprint density at radius 2 is 1.64 bits per heavy atom. The van der Waals surface area contributed by atoms with Crippen LogP contribution in [0.3, 0.4) is 0 Å². The Balaban J connectivity index is 1.74. The van der Waals surface area contributed by atoms with Crippen LogP contribution in [0.5, 0.6) is 5.75 Å². The van der Waals surface area contributed by atoms with Crippen molar-refractivity contribution in [2.45, 2.75) is 13.3 Å². The minimum absolute atomic E-state index is 0.0216. The number of nitrogens with one attached hydrogen (secondary N) is 2. The van der Waals surface area contributed by atoms with Gasteiger partial charge in [-0.2, -0.15) is 0 Å². The first-order valence-corrected chi connectivity index (χ1v) is 8.90. The van der Waals surface area contributed by atoms with Crippen molar-refractivity contribution in [3.05, 3.63) is 54.1 Å². The van der Waals surface area contributed by atoms with Crippen LogP contribution in [0.2, 0.25) is 0 Å². The van der Waals surface area contributed by atoms with Gasteiger partial charge in [0, 0.05) is 36.0 Å². The van der Waals surface area contributed by atoms with E-state index in [1.54, 1.807) is 67.6 Å².